The van der Waals surface area contributed by atoms with Crippen LogP contribution >= 0.6 is 15.9 Å². The number of hydrogen-bond acceptors (Lipinski definition) is 3. The number of amides is 1. The van der Waals surface area contributed by atoms with Gasteiger partial charge in [0.2, 0.25) is 5.91 Å². The molecule has 1 unspecified atom stereocenters. The van der Waals surface area contributed by atoms with Crippen LogP contribution in [0.15, 0.2) is 12.1 Å². The van der Waals surface area contributed by atoms with Gasteiger partial charge >= 0.3 is 0 Å². The molecule has 0 spiro atoms. The minimum Gasteiger partial charge on any atom is -0.303 e. The zero-order valence-electron chi connectivity index (χ0n) is 8.90. The molecule has 18 heavy (non-hydrogen) atoms. The molecule has 1 aliphatic heterocycles. The van der Waals surface area contributed by atoms with Gasteiger partial charge in [-0.2, -0.15) is 0 Å². The third-order valence-electron chi connectivity index (χ3n) is 2.59. The first kappa shape index (κ1) is 12.9. The zero-order chi connectivity index (χ0) is 13.4. The molecule has 1 aliphatic rings. The van der Waals surface area contributed by atoms with E-state index in [2.05, 4.69) is 15.9 Å². The summed E-state index contributed by atoms with van der Waals surface area (Å²) < 4.78 is 26.8. The fraction of sp³-hybridized carbons (Fsp3) is 0.300. The van der Waals surface area contributed by atoms with Crippen LogP contribution in [0.1, 0.15) is 6.42 Å². The van der Waals surface area contributed by atoms with Crippen molar-refractivity contribution in [3.8, 4) is 0 Å². The number of carbonyl (C=O) groups is 1. The Balaban J connectivity index is 2.58. The number of carbonyl (C=O) groups excluding carboxylic acids is 1. The monoisotopic (exact) mass is 320 g/mol. The Morgan fingerprint density at radius 2 is 2.11 bits per heavy atom. The number of hydrogen-bond donors (Lipinski definition) is 0. The van der Waals surface area contributed by atoms with Crippen LogP contribution in [0.25, 0.3) is 0 Å². The van der Waals surface area contributed by atoms with E-state index in [1.54, 1.807) is 0 Å². The quantitative estimate of drug-likeness (QED) is 0.477. The van der Waals surface area contributed by atoms with Gasteiger partial charge in [-0.1, -0.05) is 15.9 Å². The van der Waals surface area contributed by atoms with Crippen LogP contribution in [0.3, 0.4) is 0 Å². The van der Waals surface area contributed by atoms with Gasteiger partial charge in [-0.15, -0.1) is 0 Å². The average molecular weight is 321 g/mol. The first-order valence-corrected chi connectivity index (χ1v) is 5.90. The first-order valence-electron chi connectivity index (χ1n) is 4.98. The van der Waals surface area contributed by atoms with Crippen molar-refractivity contribution in [2.75, 3.05) is 11.4 Å². The van der Waals surface area contributed by atoms with Crippen molar-refractivity contribution >= 4 is 33.2 Å². The van der Waals surface area contributed by atoms with Gasteiger partial charge < -0.3 is 4.90 Å². The molecule has 0 aliphatic carbocycles. The van der Waals surface area contributed by atoms with E-state index in [1.165, 1.54) is 0 Å². The Morgan fingerprint density at radius 1 is 1.44 bits per heavy atom. The van der Waals surface area contributed by atoms with Crippen LogP contribution in [-0.2, 0) is 4.79 Å². The number of benzene rings is 1. The van der Waals surface area contributed by atoms with Crippen LogP contribution in [0.5, 0.6) is 0 Å². The molecule has 0 bridgehead atoms. The number of nitro benzene ring substituents is 1. The molecule has 5 nitrogen and oxygen atoms in total. The summed E-state index contributed by atoms with van der Waals surface area (Å²) in [6, 6.07) is 1.52. The summed E-state index contributed by atoms with van der Waals surface area (Å²) >= 11 is 3.17. The number of halogens is 3. The summed E-state index contributed by atoms with van der Waals surface area (Å²) in [5, 5.41) is 10.8. The molecule has 1 fully saturated rings. The molecule has 8 heteroatoms. The highest BCUT2D eigenvalue weighted by Crippen LogP contribution is 2.36. The van der Waals surface area contributed by atoms with Gasteiger partial charge in [0.05, 0.1) is 4.92 Å². The van der Waals surface area contributed by atoms with E-state index in [1.807, 2.05) is 0 Å². The van der Waals surface area contributed by atoms with Gasteiger partial charge in [0, 0.05) is 23.9 Å². The van der Waals surface area contributed by atoms with Gasteiger partial charge in [-0.3, -0.25) is 14.9 Å². The number of nitrogens with zero attached hydrogens (tertiary/aromatic N) is 2. The molecule has 0 aromatic heterocycles. The van der Waals surface area contributed by atoms with E-state index in [0.29, 0.717) is 6.07 Å². The molecule has 1 aromatic rings. The Bertz CT molecular complexity index is 538. The first-order chi connectivity index (χ1) is 8.41. The zero-order valence-corrected chi connectivity index (χ0v) is 10.5. The highest BCUT2D eigenvalue weighted by Gasteiger charge is 2.36. The standard InChI is InChI=1S/C10H7BrF2N2O3/c11-5-3-8(16)14(4-5)10-7(15(17)18)2-1-6(12)9(10)13/h1-2,5H,3-4H2. The lowest BCUT2D eigenvalue weighted by Crippen LogP contribution is -2.27. The predicted octanol–water partition coefficient (Wildman–Crippen LogP) is 2.37. The van der Waals surface area contributed by atoms with E-state index in [0.717, 1.165) is 11.0 Å². The molecular formula is C10H7BrF2N2O3. The van der Waals surface area contributed by atoms with Crippen molar-refractivity contribution in [3.63, 3.8) is 0 Å². The average Bonchev–Trinajstić information content (AvgIpc) is 2.61. The summed E-state index contributed by atoms with van der Waals surface area (Å²) in [5.41, 5.74) is -1.23. The van der Waals surface area contributed by atoms with Crippen molar-refractivity contribution in [2.45, 2.75) is 11.2 Å². The van der Waals surface area contributed by atoms with Crippen LogP contribution in [-0.4, -0.2) is 22.2 Å². The number of alkyl halides is 1. The van der Waals surface area contributed by atoms with E-state index >= 15 is 0 Å². The minimum atomic E-state index is -1.38. The second-order valence-electron chi connectivity index (χ2n) is 3.79. The Hall–Kier alpha value is -1.57. The van der Waals surface area contributed by atoms with E-state index in [9.17, 15) is 23.7 Å². The van der Waals surface area contributed by atoms with Crippen molar-refractivity contribution in [3.05, 3.63) is 33.9 Å². The molecule has 1 aromatic carbocycles. The molecule has 1 amide bonds. The molecule has 96 valence electrons. The molecular weight excluding hydrogens is 314 g/mol. The van der Waals surface area contributed by atoms with Crippen LogP contribution in [0, 0.1) is 21.7 Å². The summed E-state index contributed by atoms with van der Waals surface area (Å²) in [4.78, 5) is 22.2. The maximum Gasteiger partial charge on any atom is 0.296 e. The topological polar surface area (TPSA) is 63.5 Å². The fourth-order valence-corrected chi connectivity index (χ4v) is 2.38. The Labute approximate surface area is 109 Å². The molecule has 1 saturated heterocycles. The van der Waals surface area contributed by atoms with Gasteiger partial charge in [-0.25, -0.2) is 8.78 Å². The fourth-order valence-electron chi connectivity index (χ4n) is 1.81. The highest BCUT2D eigenvalue weighted by atomic mass is 79.9. The summed E-state index contributed by atoms with van der Waals surface area (Å²) in [6.07, 6.45) is 0.0904. The highest BCUT2D eigenvalue weighted by molar-refractivity contribution is 9.09. The smallest absolute Gasteiger partial charge is 0.296 e. The molecule has 0 radical (unpaired) electrons. The normalized spacial score (nSPS) is 19.4. The maximum atomic E-state index is 13.7. The summed E-state index contributed by atoms with van der Waals surface area (Å²) in [7, 11) is 0. The molecule has 1 heterocycles. The van der Waals surface area contributed by atoms with E-state index in [-0.39, 0.29) is 17.8 Å². The summed E-state index contributed by atoms with van der Waals surface area (Å²) in [6.45, 7) is 0.0695. The second-order valence-corrected chi connectivity index (χ2v) is 5.09. The molecule has 0 saturated carbocycles. The number of nitro groups is 1. The van der Waals surface area contributed by atoms with Crippen LogP contribution in [0.4, 0.5) is 20.2 Å². The van der Waals surface area contributed by atoms with Crippen LogP contribution in [0.2, 0.25) is 0 Å². The second kappa shape index (κ2) is 4.60. The van der Waals surface area contributed by atoms with Crippen molar-refractivity contribution in [1.82, 2.24) is 0 Å². The number of anilines is 1. The third kappa shape index (κ3) is 2.07. The Kier molecular flexibility index (Phi) is 3.29. The summed E-state index contributed by atoms with van der Waals surface area (Å²) in [5.74, 6) is -3.08. The largest absolute Gasteiger partial charge is 0.303 e. The van der Waals surface area contributed by atoms with Gasteiger partial charge in [0.15, 0.2) is 17.3 Å². The van der Waals surface area contributed by atoms with E-state index < -0.39 is 33.8 Å². The van der Waals surface area contributed by atoms with Crippen LogP contribution < -0.4 is 4.90 Å². The SMILES string of the molecule is O=C1CC(Br)CN1c1c([N+](=O)[O-])ccc(F)c1F. The maximum absolute atomic E-state index is 13.7. The molecule has 0 N–H and O–H groups in total. The van der Waals surface area contributed by atoms with Crippen molar-refractivity contribution in [1.29, 1.82) is 0 Å². The van der Waals surface area contributed by atoms with Crippen molar-refractivity contribution < 1.29 is 18.5 Å². The lowest BCUT2D eigenvalue weighted by Gasteiger charge is -2.16. The number of rotatable bonds is 2. The van der Waals surface area contributed by atoms with E-state index in [4.69, 9.17) is 0 Å². The molecule has 1 atom stereocenters. The minimum absolute atomic E-state index is 0.0695. The lowest BCUT2D eigenvalue weighted by molar-refractivity contribution is -0.384. The van der Waals surface area contributed by atoms with Crippen molar-refractivity contribution in [2.24, 2.45) is 0 Å². The van der Waals surface area contributed by atoms with Gasteiger partial charge in [0.25, 0.3) is 5.69 Å². The predicted molar refractivity (Wildman–Crippen MR) is 62.7 cm³/mol. The van der Waals surface area contributed by atoms with Gasteiger partial charge in [0.1, 0.15) is 0 Å². The lowest BCUT2D eigenvalue weighted by atomic mass is 10.2. The Morgan fingerprint density at radius 3 is 2.61 bits per heavy atom. The van der Waals surface area contributed by atoms with Gasteiger partial charge in [-0.05, 0) is 6.07 Å². The molecule has 2 rings (SSSR count). The third-order valence-corrected chi connectivity index (χ3v) is 3.21.